The Morgan fingerprint density at radius 2 is 0.788 bits per heavy atom. The highest BCUT2D eigenvalue weighted by molar-refractivity contribution is 6.02. The molecule has 718 valence electrons. The Bertz CT molecular complexity index is 4870. The summed E-state index contributed by atoms with van der Waals surface area (Å²) in [6, 6.07) is -5.52. The molecule has 14 atom stereocenters. The number of primary amides is 1. The van der Waals surface area contributed by atoms with Gasteiger partial charge in [-0.3, -0.25) is 105 Å². The molecule has 132 heavy (non-hydrogen) atoms. The SMILES string of the molecule is CC(C)C[C@H](NC(=O)[C@H](Cc1c[nH]c2ccccc12)NC(=O)[C@H](CCC(=O)O)NC(=O)[C@H](Cc1ccccc1)NC(=O)[C@H](Cc1ccc(O)cc1)NC(=O)[C@H](CC(=O)O)NC(=O)CNC(=O)[C@H](C)NC(=O)[C@@H]1CCCN1C(=O)[C@H](CCC(=O)O)NC(=O)[C@H](CC(=O)O)NC(=O)[C@H](CCC(=O)O)NC(=O)[C@H](CCC(N)=O)NC(=O)[C@@H](N)CCC(=O)O)C(=O)N[C@@H](CCC(=O)O)C(=O)O. The van der Waals surface area contributed by atoms with Crippen molar-refractivity contribution in [2.75, 3.05) is 13.1 Å². The van der Waals surface area contributed by atoms with Crippen molar-refractivity contribution in [2.45, 2.75) is 234 Å². The molecule has 4 aromatic rings. The number of hydrogen-bond donors (Lipinski definition) is 25. The molecule has 1 aliphatic heterocycles. The summed E-state index contributed by atoms with van der Waals surface area (Å²) in [5.74, 6) is -30.9. The van der Waals surface area contributed by atoms with Crippen molar-refractivity contribution in [1.29, 1.82) is 0 Å². The van der Waals surface area contributed by atoms with Crippen LogP contribution in [0.25, 0.3) is 10.9 Å². The normalized spacial score (nSPS) is 15.1. The van der Waals surface area contributed by atoms with E-state index in [4.69, 9.17) is 16.6 Å². The van der Waals surface area contributed by atoms with E-state index in [0.29, 0.717) is 22.0 Å². The number of nitrogens with zero attached hydrogens (tertiary/aromatic N) is 1. The van der Waals surface area contributed by atoms with Gasteiger partial charge in [0, 0.05) is 81.4 Å². The number of phenolic OH excluding ortho intramolecular Hbond substituents is 1. The average molecular weight is 1860 g/mol. The minimum Gasteiger partial charge on any atom is -0.508 e. The second-order valence-corrected chi connectivity index (χ2v) is 31.4. The van der Waals surface area contributed by atoms with E-state index in [0.717, 1.165) is 11.8 Å². The molecular weight excluding hydrogens is 1750 g/mol. The summed E-state index contributed by atoms with van der Waals surface area (Å²) in [6.45, 7) is 3.10. The van der Waals surface area contributed by atoms with E-state index in [1.54, 1.807) is 56.3 Å². The molecule has 0 unspecified atom stereocenters. The predicted octanol–water partition coefficient (Wildman–Crippen LogP) is -5.16. The van der Waals surface area contributed by atoms with Crippen molar-refractivity contribution in [2.24, 2.45) is 17.4 Å². The van der Waals surface area contributed by atoms with Crippen molar-refractivity contribution >= 4 is 147 Å². The van der Waals surface area contributed by atoms with Gasteiger partial charge in [0.15, 0.2) is 0 Å². The number of rotatable bonds is 58. The van der Waals surface area contributed by atoms with E-state index in [2.05, 4.69) is 68.8 Å². The molecule has 49 nitrogen and oxygen atoms in total. The van der Waals surface area contributed by atoms with Gasteiger partial charge in [-0.05, 0) is 106 Å². The van der Waals surface area contributed by atoms with E-state index in [1.807, 2.05) is 5.32 Å². The van der Waals surface area contributed by atoms with Gasteiger partial charge in [-0.2, -0.15) is 0 Å². The number of H-pyrrole nitrogens is 1. The van der Waals surface area contributed by atoms with Gasteiger partial charge in [-0.1, -0.05) is 74.5 Å². The molecule has 0 bridgehead atoms. The number of likely N-dealkylation sites (tertiary alicyclic amines) is 1. The average Bonchev–Trinajstić information content (AvgIpc) is 1.66. The Hall–Kier alpha value is -15.2. The van der Waals surface area contributed by atoms with Crippen LogP contribution in [0.3, 0.4) is 0 Å². The van der Waals surface area contributed by atoms with E-state index < -0.39 is 330 Å². The Kier molecular flexibility index (Phi) is 43.0. The molecule has 0 aliphatic carbocycles. The number of amides is 15. The van der Waals surface area contributed by atoms with E-state index >= 15 is 0 Å². The Morgan fingerprint density at radius 1 is 0.402 bits per heavy atom. The van der Waals surface area contributed by atoms with Gasteiger partial charge in [-0.15, -0.1) is 0 Å². The third kappa shape index (κ3) is 37.2. The fourth-order valence-corrected chi connectivity index (χ4v) is 13.6. The summed E-state index contributed by atoms with van der Waals surface area (Å²) in [5, 5.41) is 118. The van der Waals surface area contributed by atoms with Crippen molar-refractivity contribution in [3.8, 4) is 5.75 Å². The standard InChI is InChI=1S/C83H109N17O32/c1-40(2)32-54(75(123)94-53(83(131)132)24-30-67(112)113)95-78(126)57(35-44-38-86-48-13-8-7-12-46(44)48)98-73(121)51(22-28-65(108)109)92-76(124)55(33-42-10-5-4-6-11-42)96-77(125)56(34-43-15-17-45(101)18-16-43)97-79(127)58(36-68(114)115)89-62(103)39-87-70(118)41(3)88-81(129)60-14-9-31-100(60)82(130)52(23-29-66(110)111)93-80(128)59(37-69(116)117)99-74(122)50(21-27-64(106)107)91-72(120)49(20-25-61(85)102)90-71(119)47(84)19-26-63(104)105/h4-8,10-13,15-18,38,40-41,47,49-60,86,101H,9,14,19-37,39,84H2,1-3H3,(H2,85,102)(H,87,118)(H,88,129)(H,89,103)(H,90,119)(H,91,120)(H,92,124)(H,93,128)(H,94,123)(H,95,126)(H,96,125)(H,97,127)(H,98,121)(H,99,122)(H,104,105)(H,106,107)(H,108,109)(H,110,111)(H,112,113)(H,114,115)(H,116,117)(H,131,132)/t41-,47-,49-,50-,51-,52-,53-,54-,55-,56-,57-,58-,59-,60-/m0/s1. The number of aromatic amines is 1. The maximum Gasteiger partial charge on any atom is 0.326 e. The highest BCUT2D eigenvalue weighted by Gasteiger charge is 2.42. The van der Waals surface area contributed by atoms with Crippen LogP contribution in [-0.2, 0) is 130 Å². The number of benzene rings is 3. The van der Waals surface area contributed by atoms with E-state index in [-0.39, 0.29) is 49.5 Å². The molecule has 2 heterocycles. The van der Waals surface area contributed by atoms with Crippen molar-refractivity contribution in [3.05, 3.63) is 102 Å². The zero-order valence-electron chi connectivity index (χ0n) is 71.8. The molecule has 3 aromatic carbocycles. The number of nitrogens with two attached hydrogens (primary N) is 2. The molecule has 0 radical (unpaired) electrons. The van der Waals surface area contributed by atoms with Crippen molar-refractivity contribution in [3.63, 3.8) is 0 Å². The molecule has 1 saturated heterocycles. The lowest BCUT2D eigenvalue weighted by atomic mass is 9.99. The number of carboxylic acids is 8. The van der Waals surface area contributed by atoms with Crippen LogP contribution < -0.4 is 80.6 Å². The molecule has 15 amide bonds. The molecule has 0 saturated carbocycles. The molecule has 1 aliphatic rings. The van der Waals surface area contributed by atoms with E-state index in [9.17, 15) is 151 Å². The summed E-state index contributed by atoms with van der Waals surface area (Å²) in [5.41, 5.74) is 12.6. The third-order valence-electron chi connectivity index (χ3n) is 20.5. The topological polar surface area (TPSA) is 802 Å². The van der Waals surface area contributed by atoms with Gasteiger partial charge in [0.2, 0.25) is 88.6 Å². The smallest absolute Gasteiger partial charge is 0.326 e. The number of fused-ring (bicyclic) bond motifs is 1. The van der Waals surface area contributed by atoms with Gasteiger partial charge in [0.05, 0.1) is 25.4 Å². The number of phenols is 1. The molecule has 49 heteroatoms. The minimum absolute atomic E-state index is 0.0498. The lowest BCUT2D eigenvalue weighted by Crippen LogP contribution is -2.61. The first-order valence-electron chi connectivity index (χ1n) is 41.6. The van der Waals surface area contributed by atoms with Crippen LogP contribution in [0.5, 0.6) is 5.75 Å². The third-order valence-corrected chi connectivity index (χ3v) is 20.5. The molecule has 1 aromatic heterocycles. The first-order valence-corrected chi connectivity index (χ1v) is 41.6. The highest BCUT2D eigenvalue weighted by atomic mass is 16.4. The lowest BCUT2D eigenvalue weighted by Gasteiger charge is -2.30. The van der Waals surface area contributed by atoms with Gasteiger partial charge in [0.1, 0.15) is 84.3 Å². The maximum absolute atomic E-state index is 14.9. The largest absolute Gasteiger partial charge is 0.508 e. The van der Waals surface area contributed by atoms with Crippen LogP contribution in [0.1, 0.15) is 147 Å². The van der Waals surface area contributed by atoms with Crippen LogP contribution in [-0.4, -0.2) is 290 Å². The highest BCUT2D eigenvalue weighted by Crippen LogP contribution is 2.24. The number of aliphatic carboxylic acids is 8. The summed E-state index contributed by atoms with van der Waals surface area (Å²) in [7, 11) is 0. The number of carbonyl (C=O) groups is 23. The fraction of sp³-hybridized carbons (Fsp3) is 0.482. The summed E-state index contributed by atoms with van der Waals surface area (Å²) < 4.78 is 0. The summed E-state index contributed by atoms with van der Waals surface area (Å²) in [6.07, 6.45) is -10.7. The number of carbonyl (C=O) groups excluding carboxylic acids is 15. The van der Waals surface area contributed by atoms with Crippen LogP contribution in [0.4, 0.5) is 0 Å². The lowest BCUT2D eigenvalue weighted by molar-refractivity contribution is -0.144. The number of hydrogen-bond acceptors (Lipinski definition) is 25. The van der Waals surface area contributed by atoms with E-state index in [1.165, 1.54) is 42.6 Å². The molecule has 27 N–H and O–H groups in total. The predicted molar refractivity (Wildman–Crippen MR) is 453 cm³/mol. The van der Waals surface area contributed by atoms with Crippen LogP contribution in [0.15, 0.2) is 85.1 Å². The van der Waals surface area contributed by atoms with Gasteiger partial charge >= 0.3 is 47.8 Å². The molecule has 5 rings (SSSR count). The van der Waals surface area contributed by atoms with Crippen LogP contribution >= 0.6 is 0 Å². The number of aromatic nitrogens is 1. The number of carboxylic acid groups (broad SMARTS) is 8. The zero-order valence-corrected chi connectivity index (χ0v) is 71.8. The van der Waals surface area contributed by atoms with Gasteiger partial charge in [0.25, 0.3) is 0 Å². The van der Waals surface area contributed by atoms with Gasteiger partial charge < -0.3 is 136 Å². The second-order valence-electron chi connectivity index (χ2n) is 31.4. The second kappa shape index (κ2) is 52.9. The molecule has 0 spiro atoms. The Labute approximate surface area is 751 Å². The zero-order chi connectivity index (χ0) is 98.3. The first-order chi connectivity index (χ1) is 62.2. The first kappa shape index (κ1) is 107. The summed E-state index contributed by atoms with van der Waals surface area (Å²) >= 11 is 0. The maximum atomic E-state index is 14.9. The van der Waals surface area contributed by atoms with Crippen LogP contribution in [0.2, 0.25) is 0 Å². The fourth-order valence-electron chi connectivity index (χ4n) is 13.6. The Morgan fingerprint density at radius 3 is 1.27 bits per heavy atom. The monoisotopic (exact) mass is 1860 g/mol. The van der Waals surface area contributed by atoms with Crippen LogP contribution in [0, 0.1) is 5.92 Å². The number of para-hydroxylation sites is 1. The quantitative estimate of drug-likeness (QED) is 0.0197. The minimum atomic E-state index is -2.22. The Balaban J connectivity index is 1.34. The van der Waals surface area contributed by atoms with Crippen molar-refractivity contribution < 1.29 is 156 Å². The number of aromatic hydroxyl groups is 1. The molecular formula is C83H109N17O32. The van der Waals surface area contributed by atoms with Crippen molar-refractivity contribution in [1.82, 2.24) is 79.0 Å². The van der Waals surface area contributed by atoms with Gasteiger partial charge in [-0.25, -0.2) is 4.79 Å². The number of nitrogens with one attached hydrogen (secondary N) is 14. The molecule has 1 fully saturated rings. The summed E-state index contributed by atoms with van der Waals surface area (Å²) in [4.78, 5) is 309.